The minimum absolute atomic E-state index is 0.246. The molecule has 17 heavy (non-hydrogen) atoms. The first-order valence-corrected chi connectivity index (χ1v) is 5.73. The van der Waals surface area contributed by atoms with Crippen molar-refractivity contribution in [3.8, 4) is 0 Å². The highest BCUT2D eigenvalue weighted by Crippen LogP contribution is 2.27. The van der Waals surface area contributed by atoms with Gasteiger partial charge in [0.15, 0.2) is 0 Å². The summed E-state index contributed by atoms with van der Waals surface area (Å²) < 4.78 is 26.7. The van der Waals surface area contributed by atoms with E-state index in [2.05, 4.69) is 26.2 Å². The molecule has 0 radical (unpaired) electrons. The average Bonchev–Trinajstić information content (AvgIpc) is 2.29. The maximum atomic E-state index is 13.5. The zero-order valence-corrected chi connectivity index (χ0v) is 10.3. The van der Waals surface area contributed by atoms with Crippen molar-refractivity contribution in [2.45, 2.75) is 6.54 Å². The van der Waals surface area contributed by atoms with E-state index in [-0.39, 0.29) is 5.69 Å². The molecule has 0 saturated heterocycles. The van der Waals surface area contributed by atoms with Gasteiger partial charge in [0.1, 0.15) is 11.6 Å². The molecule has 1 aromatic carbocycles. The van der Waals surface area contributed by atoms with Crippen LogP contribution in [-0.4, -0.2) is 4.98 Å². The van der Waals surface area contributed by atoms with Crippen LogP contribution in [0.25, 0.3) is 0 Å². The SMILES string of the molecule is Fc1cc(F)c(NCc2cccnc2)c(Br)c1. The zero-order valence-electron chi connectivity index (χ0n) is 8.75. The fourth-order valence-corrected chi connectivity index (χ4v) is 1.95. The van der Waals surface area contributed by atoms with Gasteiger partial charge in [0.2, 0.25) is 0 Å². The number of nitrogens with one attached hydrogen (secondary N) is 1. The number of pyridine rings is 1. The van der Waals surface area contributed by atoms with Crippen LogP contribution in [0.5, 0.6) is 0 Å². The highest BCUT2D eigenvalue weighted by molar-refractivity contribution is 9.10. The molecule has 0 aliphatic heterocycles. The van der Waals surface area contributed by atoms with Crippen LogP contribution in [0.15, 0.2) is 41.1 Å². The Labute approximate surface area is 106 Å². The Kier molecular flexibility index (Phi) is 3.68. The second kappa shape index (κ2) is 5.23. The van der Waals surface area contributed by atoms with Gasteiger partial charge in [0.25, 0.3) is 0 Å². The van der Waals surface area contributed by atoms with Crippen LogP contribution in [0.3, 0.4) is 0 Å². The summed E-state index contributed by atoms with van der Waals surface area (Å²) in [5, 5.41) is 2.90. The van der Waals surface area contributed by atoms with Gasteiger partial charge in [-0.3, -0.25) is 4.98 Å². The molecule has 2 rings (SSSR count). The summed E-state index contributed by atoms with van der Waals surface area (Å²) in [5.41, 5.74) is 1.17. The summed E-state index contributed by atoms with van der Waals surface area (Å²) in [6.45, 7) is 0.426. The molecule has 1 aromatic heterocycles. The quantitative estimate of drug-likeness (QED) is 0.934. The first kappa shape index (κ1) is 12.0. The predicted octanol–water partition coefficient (Wildman–Crippen LogP) is 3.73. The van der Waals surface area contributed by atoms with E-state index in [4.69, 9.17) is 0 Å². The summed E-state index contributed by atoms with van der Waals surface area (Å²) in [5.74, 6) is -1.23. The van der Waals surface area contributed by atoms with E-state index in [0.29, 0.717) is 11.0 Å². The maximum absolute atomic E-state index is 13.5. The van der Waals surface area contributed by atoms with E-state index in [9.17, 15) is 8.78 Å². The summed E-state index contributed by atoms with van der Waals surface area (Å²) in [6, 6.07) is 5.73. The van der Waals surface area contributed by atoms with E-state index < -0.39 is 11.6 Å². The summed E-state index contributed by atoms with van der Waals surface area (Å²) in [4.78, 5) is 3.95. The molecule has 0 aliphatic carbocycles. The Balaban J connectivity index is 2.15. The first-order valence-electron chi connectivity index (χ1n) is 4.94. The van der Waals surface area contributed by atoms with Crippen molar-refractivity contribution in [1.82, 2.24) is 4.98 Å². The van der Waals surface area contributed by atoms with Crippen molar-refractivity contribution in [3.63, 3.8) is 0 Å². The van der Waals surface area contributed by atoms with Crippen LogP contribution < -0.4 is 5.32 Å². The Morgan fingerprint density at radius 3 is 2.76 bits per heavy atom. The van der Waals surface area contributed by atoms with Crippen LogP contribution in [0, 0.1) is 11.6 Å². The Hall–Kier alpha value is -1.49. The number of hydrogen-bond acceptors (Lipinski definition) is 2. The molecule has 2 nitrogen and oxygen atoms in total. The molecule has 0 aliphatic rings. The van der Waals surface area contributed by atoms with Crippen LogP contribution in [0.2, 0.25) is 0 Å². The largest absolute Gasteiger partial charge is 0.378 e. The topological polar surface area (TPSA) is 24.9 Å². The molecule has 88 valence electrons. The Bertz CT molecular complexity index is 494. The van der Waals surface area contributed by atoms with Gasteiger partial charge in [0.05, 0.1) is 5.69 Å². The van der Waals surface area contributed by atoms with E-state index in [1.54, 1.807) is 18.5 Å². The lowest BCUT2D eigenvalue weighted by Crippen LogP contribution is -2.03. The van der Waals surface area contributed by atoms with Gasteiger partial charge >= 0.3 is 0 Å². The third kappa shape index (κ3) is 3.00. The third-order valence-corrected chi connectivity index (χ3v) is 2.82. The monoisotopic (exact) mass is 298 g/mol. The maximum Gasteiger partial charge on any atom is 0.150 e. The zero-order chi connectivity index (χ0) is 12.3. The second-order valence-corrected chi connectivity index (χ2v) is 4.31. The minimum Gasteiger partial charge on any atom is -0.378 e. The van der Waals surface area contributed by atoms with Crippen molar-refractivity contribution in [2.75, 3.05) is 5.32 Å². The Morgan fingerprint density at radius 2 is 2.12 bits per heavy atom. The van der Waals surface area contributed by atoms with Crippen LogP contribution in [0.1, 0.15) is 5.56 Å². The standard InChI is InChI=1S/C12H9BrF2N2/c13-10-4-9(14)5-11(15)12(10)17-7-8-2-1-3-16-6-8/h1-6,17H,7H2. The van der Waals surface area contributed by atoms with Crippen LogP contribution in [-0.2, 0) is 6.54 Å². The van der Waals surface area contributed by atoms with Gasteiger partial charge in [-0.1, -0.05) is 6.07 Å². The third-order valence-electron chi connectivity index (χ3n) is 2.20. The molecule has 0 spiro atoms. The molecule has 2 aromatic rings. The highest BCUT2D eigenvalue weighted by atomic mass is 79.9. The molecule has 1 N–H and O–H groups in total. The fraction of sp³-hybridized carbons (Fsp3) is 0.0833. The Morgan fingerprint density at radius 1 is 1.29 bits per heavy atom. The average molecular weight is 299 g/mol. The van der Waals surface area contributed by atoms with Gasteiger partial charge < -0.3 is 5.32 Å². The van der Waals surface area contributed by atoms with Crippen LogP contribution in [0.4, 0.5) is 14.5 Å². The van der Waals surface area contributed by atoms with Crippen LogP contribution >= 0.6 is 15.9 Å². The lowest BCUT2D eigenvalue weighted by molar-refractivity contribution is 0.583. The van der Waals surface area contributed by atoms with Crippen molar-refractivity contribution < 1.29 is 8.78 Å². The lowest BCUT2D eigenvalue weighted by atomic mass is 10.2. The first-order chi connectivity index (χ1) is 8.16. The number of hydrogen-bond donors (Lipinski definition) is 1. The number of anilines is 1. The van der Waals surface area contributed by atoms with Crippen molar-refractivity contribution in [3.05, 3.63) is 58.3 Å². The number of benzene rings is 1. The summed E-state index contributed by atoms with van der Waals surface area (Å²) >= 11 is 3.11. The lowest BCUT2D eigenvalue weighted by Gasteiger charge is -2.09. The van der Waals surface area contributed by atoms with Crippen molar-refractivity contribution in [1.29, 1.82) is 0 Å². The molecular formula is C12H9BrF2N2. The smallest absolute Gasteiger partial charge is 0.150 e. The molecule has 0 amide bonds. The molecule has 1 heterocycles. The molecular weight excluding hydrogens is 290 g/mol. The normalized spacial score (nSPS) is 10.3. The molecule has 0 fully saturated rings. The second-order valence-electron chi connectivity index (χ2n) is 3.46. The highest BCUT2D eigenvalue weighted by Gasteiger charge is 2.08. The van der Waals surface area contributed by atoms with Gasteiger partial charge in [-0.15, -0.1) is 0 Å². The van der Waals surface area contributed by atoms with E-state index >= 15 is 0 Å². The number of rotatable bonds is 3. The van der Waals surface area contributed by atoms with Gasteiger partial charge in [-0.05, 0) is 33.6 Å². The molecule has 5 heteroatoms. The number of nitrogens with zero attached hydrogens (tertiary/aromatic N) is 1. The fourth-order valence-electron chi connectivity index (χ4n) is 1.40. The number of aromatic nitrogens is 1. The summed E-state index contributed by atoms with van der Waals surface area (Å²) in [6.07, 6.45) is 3.35. The van der Waals surface area contributed by atoms with E-state index in [1.807, 2.05) is 6.07 Å². The van der Waals surface area contributed by atoms with Crippen molar-refractivity contribution >= 4 is 21.6 Å². The summed E-state index contributed by atoms with van der Waals surface area (Å²) in [7, 11) is 0. The van der Waals surface area contributed by atoms with Crippen molar-refractivity contribution in [2.24, 2.45) is 0 Å². The van der Waals surface area contributed by atoms with Gasteiger partial charge in [-0.25, -0.2) is 8.78 Å². The predicted molar refractivity (Wildman–Crippen MR) is 65.6 cm³/mol. The van der Waals surface area contributed by atoms with E-state index in [1.165, 1.54) is 6.07 Å². The molecule has 0 unspecified atom stereocenters. The van der Waals surface area contributed by atoms with Gasteiger partial charge in [-0.2, -0.15) is 0 Å². The minimum atomic E-state index is -0.624. The molecule has 0 saturated carbocycles. The molecule has 0 atom stereocenters. The van der Waals surface area contributed by atoms with Gasteiger partial charge in [0, 0.05) is 29.5 Å². The number of halogens is 3. The molecule has 0 bridgehead atoms. The van der Waals surface area contributed by atoms with E-state index in [0.717, 1.165) is 11.6 Å².